The summed E-state index contributed by atoms with van der Waals surface area (Å²) in [5, 5.41) is 8.34. The molecule has 0 fully saturated rings. The van der Waals surface area contributed by atoms with Crippen molar-refractivity contribution in [1.82, 2.24) is 0 Å². The largest absolute Gasteiger partial charge is 0.481 e. The van der Waals surface area contributed by atoms with Crippen LogP contribution in [0, 0.1) is 0 Å². The van der Waals surface area contributed by atoms with Gasteiger partial charge < -0.3 is 5.11 Å². The number of benzene rings is 2. The molecule has 2 nitrogen and oxygen atoms in total. The number of carboxylic acids is 1. The van der Waals surface area contributed by atoms with E-state index in [0.717, 1.165) is 17.8 Å². The van der Waals surface area contributed by atoms with Crippen molar-refractivity contribution in [3.05, 3.63) is 58.6 Å². The number of hydrogen-bond donors (Lipinski definition) is 1. The maximum atomic E-state index is 12.8. The second kappa shape index (κ2) is 6.62. The van der Waals surface area contributed by atoms with Gasteiger partial charge in [-0.2, -0.15) is 13.2 Å². The van der Waals surface area contributed by atoms with E-state index in [2.05, 4.69) is 0 Å². The number of halogens is 4. The lowest BCUT2D eigenvalue weighted by Gasteiger charge is -2.10. The van der Waals surface area contributed by atoms with Crippen LogP contribution in [0.1, 0.15) is 11.1 Å². The van der Waals surface area contributed by atoms with E-state index in [4.69, 9.17) is 16.7 Å². The molecule has 0 saturated heterocycles. The minimum absolute atomic E-state index is 0.0931. The molecule has 2 rings (SSSR count). The number of aliphatic carboxylic acids is 1. The van der Waals surface area contributed by atoms with E-state index in [-0.39, 0.29) is 11.4 Å². The molecule has 0 saturated carbocycles. The van der Waals surface area contributed by atoms with Gasteiger partial charge >= 0.3 is 12.1 Å². The first-order valence-corrected chi connectivity index (χ1v) is 7.30. The topological polar surface area (TPSA) is 37.3 Å². The molecular weight excluding hydrogens is 337 g/mol. The molecule has 0 bridgehead atoms. The lowest BCUT2D eigenvalue weighted by atomic mass is 10.2. The first-order valence-electron chi connectivity index (χ1n) is 6.11. The zero-order chi connectivity index (χ0) is 16.3. The zero-order valence-corrected chi connectivity index (χ0v) is 12.6. The Balaban J connectivity index is 2.19. The molecular formula is C15H10ClF3O2S. The fourth-order valence-electron chi connectivity index (χ4n) is 1.77. The maximum absolute atomic E-state index is 12.8. The highest BCUT2D eigenvalue weighted by Crippen LogP contribution is 2.38. The molecule has 2 aromatic carbocycles. The van der Waals surface area contributed by atoms with Crippen LogP contribution in [0.3, 0.4) is 0 Å². The Labute approximate surface area is 133 Å². The average Bonchev–Trinajstić information content (AvgIpc) is 2.41. The minimum atomic E-state index is -4.50. The monoisotopic (exact) mass is 346 g/mol. The number of alkyl halides is 3. The van der Waals surface area contributed by atoms with Crippen LogP contribution in [0.25, 0.3) is 0 Å². The van der Waals surface area contributed by atoms with Crippen LogP contribution in [0.4, 0.5) is 13.2 Å². The average molecular weight is 347 g/mol. The smallest absolute Gasteiger partial charge is 0.417 e. The highest BCUT2D eigenvalue weighted by atomic mass is 35.5. The second-order valence-electron chi connectivity index (χ2n) is 4.46. The summed E-state index contributed by atoms with van der Waals surface area (Å²) in [5.41, 5.74) is -0.245. The van der Waals surface area contributed by atoms with Gasteiger partial charge in [0.2, 0.25) is 0 Å². The third-order valence-corrected chi connectivity index (χ3v) is 4.08. The molecule has 0 aliphatic heterocycles. The summed E-state index contributed by atoms with van der Waals surface area (Å²) in [6.45, 7) is 0. The molecule has 22 heavy (non-hydrogen) atoms. The van der Waals surface area contributed by atoms with Crippen LogP contribution < -0.4 is 0 Å². The van der Waals surface area contributed by atoms with Crippen molar-refractivity contribution >= 4 is 29.3 Å². The van der Waals surface area contributed by atoms with Crippen molar-refractivity contribution in [2.24, 2.45) is 0 Å². The molecule has 2 aromatic rings. The molecule has 0 aliphatic carbocycles. The molecule has 0 radical (unpaired) electrons. The van der Waals surface area contributed by atoms with Crippen molar-refractivity contribution in [2.75, 3.05) is 0 Å². The van der Waals surface area contributed by atoms with Crippen LogP contribution in [0.5, 0.6) is 0 Å². The predicted molar refractivity (Wildman–Crippen MR) is 78.4 cm³/mol. The summed E-state index contributed by atoms with van der Waals surface area (Å²) in [7, 11) is 0. The van der Waals surface area contributed by atoms with Gasteiger partial charge in [-0.15, -0.1) is 0 Å². The molecule has 0 amide bonds. The molecule has 7 heteroatoms. The van der Waals surface area contributed by atoms with Crippen molar-refractivity contribution in [3.63, 3.8) is 0 Å². The van der Waals surface area contributed by atoms with Gasteiger partial charge in [-0.3, -0.25) is 4.79 Å². The third-order valence-electron chi connectivity index (χ3n) is 2.76. The molecule has 116 valence electrons. The van der Waals surface area contributed by atoms with E-state index in [1.54, 1.807) is 24.3 Å². The lowest BCUT2D eigenvalue weighted by Crippen LogP contribution is -2.05. The van der Waals surface area contributed by atoms with Crippen molar-refractivity contribution < 1.29 is 23.1 Å². The summed E-state index contributed by atoms with van der Waals surface area (Å²) in [4.78, 5) is 11.7. The Hall–Kier alpha value is -1.66. The van der Waals surface area contributed by atoms with Crippen LogP contribution in [0.15, 0.2) is 52.3 Å². The standard InChI is InChI=1S/C15H10ClF3O2S/c16-13-6-5-11(8-12(13)15(17,18)19)22-10-3-1-9(2-4-10)7-14(20)21/h1-6,8H,7H2,(H,20,21). The Bertz CT molecular complexity index is 684. The van der Waals surface area contributed by atoms with Crippen molar-refractivity contribution in [1.29, 1.82) is 0 Å². The fraction of sp³-hybridized carbons (Fsp3) is 0.133. The number of carbonyl (C=O) groups is 1. The highest BCUT2D eigenvalue weighted by molar-refractivity contribution is 7.99. The van der Waals surface area contributed by atoms with E-state index >= 15 is 0 Å². The van der Waals surface area contributed by atoms with E-state index in [1.807, 2.05) is 0 Å². The number of rotatable bonds is 4. The van der Waals surface area contributed by atoms with Gasteiger partial charge in [-0.05, 0) is 35.9 Å². The Morgan fingerprint density at radius 2 is 1.68 bits per heavy atom. The van der Waals surface area contributed by atoms with Gasteiger partial charge in [0, 0.05) is 9.79 Å². The lowest BCUT2D eigenvalue weighted by molar-refractivity contribution is -0.138. The zero-order valence-electron chi connectivity index (χ0n) is 11.0. The predicted octanol–water partition coefficient (Wildman–Crippen LogP) is 5.14. The Morgan fingerprint density at radius 1 is 1.09 bits per heavy atom. The van der Waals surface area contributed by atoms with E-state index in [0.29, 0.717) is 15.4 Å². The van der Waals surface area contributed by atoms with E-state index < -0.39 is 17.7 Å². The van der Waals surface area contributed by atoms with Crippen LogP contribution in [0.2, 0.25) is 5.02 Å². The first-order chi connectivity index (χ1) is 10.3. The Morgan fingerprint density at radius 3 is 2.23 bits per heavy atom. The summed E-state index contributed by atoms with van der Waals surface area (Å²) in [5.74, 6) is -0.937. The second-order valence-corrected chi connectivity index (χ2v) is 6.01. The molecule has 0 unspecified atom stereocenters. The van der Waals surface area contributed by atoms with Crippen LogP contribution in [-0.4, -0.2) is 11.1 Å². The van der Waals surface area contributed by atoms with E-state index in [1.165, 1.54) is 12.1 Å². The number of carboxylic acid groups (broad SMARTS) is 1. The number of hydrogen-bond acceptors (Lipinski definition) is 2. The molecule has 0 heterocycles. The Kier molecular flexibility index (Phi) is 5.03. The highest BCUT2D eigenvalue weighted by Gasteiger charge is 2.33. The summed E-state index contributed by atoms with van der Waals surface area (Å²) in [6.07, 6.45) is -4.59. The summed E-state index contributed by atoms with van der Waals surface area (Å²) < 4.78 is 38.4. The summed E-state index contributed by atoms with van der Waals surface area (Å²) in [6, 6.07) is 10.3. The summed E-state index contributed by atoms with van der Waals surface area (Å²) >= 11 is 6.72. The molecule has 0 aliphatic rings. The maximum Gasteiger partial charge on any atom is 0.417 e. The molecule has 0 aromatic heterocycles. The van der Waals surface area contributed by atoms with Gasteiger partial charge in [-0.1, -0.05) is 35.5 Å². The van der Waals surface area contributed by atoms with Crippen molar-refractivity contribution in [3.8, 4) is 0 Å². The third kappa shape index (κ3) is 4.42. The van der Waals surface area contributed by atoms with E-state index in [9.17, 15) is 18.0 Å². The van der Waals surface area contributed by atoms with Gasteiger partial charge in [0.05, 0.1) is 17.0 Å². The fourth-order valence-corrected chi connectivity index (χ4v) is 2.85. The van der Waals surface area contributed by atoms with Gasteiger partial charge in [0.1, 0.15) is 0 Å². The molecule has 1 N–H and O–H groups in total. The quantitative estimate of drug-likeness (QED) is 0.833. The van der Waals surface area contributed by atoms with Gasteiger partial charge in [0.15, 0.2) is 0 Å². The SMILES string of the molecule is O=C(O)Cc1ccc(Sc2ccc(Cl)c(C(F)(F)F)c2)cc1. The van der Waals surface area contributed by atoms with Crippen molar-refractivity contribution in [2.45, 2.75) is 22.4 Å². The molecule has 0 atom stereocenters. The molecule has 0 spiro atoms. The first kappa shape index (κ1) is 16.7. The van der Waals surface area contributed by atoms with Crippen LogP contribution >= 0.6 is 23.4 Å². The van der Waals surface area contributed by atoms with Crippen LogP contribution in [-0.2, 0) is 17.4 Å². The normalized spacial score (nSPS) is 11.5. The van der Waals surface area contributed by atoms with Gasteiger partial charge in [0.25, 0.3) is 0 Å². The minimum Gasteiger partial charge on any atom is -0.481 e. The van der Waals surface area contributed by atoms with Gasteiger partial charge in [-0.25, -0.2) is 0 Å².